The molecule has 2 atom stereocenters. The monoisotopic (exact) mass is 569 g/mol. The number of hydrogen-bond donors (Lipinski definition) is 3. The summed E-state index contributed by atoms with van der Waals surface area (Å²) in [5, 5.41) is 12.3. The molecule has 0 spiro atoms. The summed E-state index contributed by atoms with van der Waals surface area (Å²) in [5.41, 5.74) is 0.912. The van der Waals surface area contributed by atoms with Gasteiger partial charge < -0.3 is 20.1 Å². The van der Waals surface area contributed by atoms with Gasteiger partial charge in [-0.3, -0.25) is 9.91 Å². The van der Waals surface area contributed by atoms with Crippen LogP contribution >= 0.6 is 0 Å². The molecule has 13 heteroatoms. The van der Waals surface area contributed by atoms with Crippen molar-refractivity contribution in [3.63, 3.8) is 0 Å². The van der Waals surface area contributed by atoms with Crippen molar-refractivity contribution >= 4 is 35.9 Å². The summed E-state index contributed by atoms with van der Waals surface area (Å²) in [4.78, 5) is 24.0. The number of rotatable bonds is 8. The minimum absolute atomic E-state index is 0.0344. The van der Waals surface area contributed by atoms with Gasteiger partial charge in [-0.2, -0.15) is 15.1 Å². The van der Waals surface area contributed by atoms with Gasteiger partial charge >= 0.3 is 6.03 Å². The van der Waals surface area contributed by atoms with E-state index in [-0.39, 0.29) is 29.5 Å². The number of nitrogens with zero attached hydrogens (tertiary/aromatic N) is 6. The van der Waals surface area contributed by atoms with Gasteiger partial charge in [0.05, 0.1) is 19.4 Å². The van der Waals surface area contributed by atoms with E-state index in [0.717, 1.165) is 54.9 Å². The van der Waals surface area contributed by atoms with Crippen LogP contribution in [-0.2, 0) is 4.74 Å². The maximum atomic E-state index is 14.8. The van der Waals surface area contributed by atoms with Crippen LogP contribution in [0.2, 0.25) is 0 Å². The highest BCUT2D eigenvalue weighted by Crippen LogP contribution is 2.39. The van der Waals surface area contributed by atoms with Crippen LogP contribution in [0.25, 0.3) is 0 Å². The number of halogens is 1. The Morgan fingerprint density at radius 2 is 2.10 bits per heavy atom. The van der Waals surface area contributed by atoms with Crippen LogP contribution < -0.4 is 26.2 Å². The minimum Gasteiger partial charge on any atom is -0.488 e. The molecule has 3 saturated heterocycles. The minimum atomic E-state index is -0.602. The molecule has 3 aliphatic rings. The maximum absolute atomic E-state index is 14.8. The third-order valence-electron chi connectivity index (χ3n) is 8.07. The number of hydrazone groups is 1. The topological polar surface area (TPSA) is 133 Å². The first-order chi connectivity index (χ1) is 19.6. The molecule has 2 unspecified atom stereocenters. The molecule has 0 bridgehead atoms. The summed E-state index contributed by atoms with van der Waals surface area (Å²) in [6.07, 6.45) is 6.72. The van der Waals surface area contributed by atoms with Crippen molar-refractivity contribution in [3.8, 4) is 5.75 Å². The molecular weight excluding hydrogens is 529 g/mol. The molecule has 3 aliphatic heterocycles. The third kappa shape index (κ3) is 6.52. The molecule has 4 heterocycles. The van der Waals surface area contributed by atoms with Gasteiger partial charge in [-0.1, -0.05) is 0 Å². The first kappa shape index (κ1) is 29.0. The standard InChI is InChI=1S/C28H40FN9O3/c1-28(2)16-19(14-20-6-5-11-37(20)28)33-25-22(29)17-32-26(35-25)34-18-7-8-24(41-21-9-12-40-13-10-21)23(15-18)38(31-3)27(39)36(4)30/h7-8,15,17,19-21H,3,5-6,9-14,16,30H2,1-2,4H3,(H2,32,33,34,35). The summed E-state index contributed by atoms with van der Waals surface area (Å²) in [6.45, 7) is 10.4. The van der Waals surface area contributed by atoms with Crippen molar-refractivity contribution in [1.29, 1.82) is 0 Å². The second kappa shape index (κ2) is 12.1. The fourth-order valence-corrected chi connectivity index (χ4v) is 6.19. The highest BCUT2D eigenvalue weighted by molar-refractivity contribution is 5.93. The van der Waals surface area contributed by atoms with Crippen LogP contribution in [0.15, 0.2) is 29.5 Å². The molecular formula is C28H40FN9O3. The Kier molecular flexibility index (Phi) is 8.57. The zero-order valence-corrected chi connectivity index (χ0v) is 24.0. The largest absolute Gasteiger partial charge is 0.488 e. The second-order valence-electron chi connectivity index (χ2n) is 11.6. The summed E-state index contributed by atoms with van der Waals surface area (Å²) >= 11 is 0. The fraction of sp³-hybridized carbons (Fsp3) is 0.571. The number of benzene rings is 1. The van der Waals surface area contributed by atoms with Gasteiger partial charge in [0.25, 0.3) is 0 Å². The first-order valence-corrected chi connectivity index (χ1v) is 14.1. The van der Waals surface area contributed by atoms with Gasteiger partial charge in [-0.05, 0) is 64.3 Å². The number of nitrogens with two attached hydrogens (primary N) is 1. The number of hydrogen-bond acceptors (Lipinski definition) is 10. The molecule has 2 aromatic rings. The van der Waals surface area contributed by atoms with Gasteiger partial charge in [-0.25, -0.2) is 20.0 Å². The molecule has 5 rings (SSSR count). The van der Waals surface area contributed by atoms with E-state index in [4.69, 9.17) is 15.3 Å². The molecule has 222 valence electrons. The van der Waals surface area contributed by atoms with Crippen molar-refractivity contribution in [2.75, 3.05) is 42.4 Å². The Labute approximate surface area is 240 Å². The molecule has 41 heavy (non-hydrogen) atoms. The number of anilines is 4. The highest BCUT2D eigenvalue weighted by atomic mass is 19.1. The Morgan fingerprint density at radius 1 is 1.32 bits per heavy atom. The lowest BCUT2D eigenvalue weighted by Crippen LogP contribution is -2.55. The van der Waals surface area contributed by atoms with E-state index in [0.29, 0.717) is 36.4 Å². The van der Waals surface area contributed by atoms with E-state index >= 15 is 0 Å². The number of amides is 2. The average Bonchev–Trinajstić information content (AvgIpc) is 3.42. The molecule has 2 amide bonds. The number of carbonyl (C=O) groups is 1. The lowest BCUT2D eigenvalue weighted by molar-refractivity contribution is 0.0257. The van der Waals surface area contributed by atoms with Gasteiger partial charge in [0.1, 0.15) is 17.5 Å². The molecule has 3 fully saturated rings. The maximum Gasteiger partial charge on any atom is 0.359 e. The summed E-state index contributed by atoms with van der Waals surface area (Å²) < 4.78 is 26.5. The van der Waals surface area contributed by atoms with E-state index < -0.39 is 11.8 Å². The van der Waals surface area contributed by atoms with Crippen molar-refractivity contribution < 1.29 is 18.7 Å². The molecule has 4 N–H and O–H groups in total. The first-order valence-electron chi connectivity index (χ1n) is 14.1. The average molecular weight is 570 g/mol. The summed E-state index contributed by atoms with van der Waals surface area (Å²) in [6, 6.07) is 5.17. The molecule has 0 radical (unpaired) electrons. The van der Waals surface area contributed by atoms with Gasteiger partial charge in [0.2, 0.25) is 5.95 Å². The number of ether oxygens (including phenoxy) is 2. The lowest BCUT2D eigenvalue weighted by Gasteiger charge is -2.47. The van der Waals surface area contributed by atoms with E-state index in [2.05, 4.69) is 51.2 Å². The number of carbonyl (C=O) groups excluding carboxylic acids is 1. The second-order valence-corrected chi connectivity index (χ2v) is 11.6. The molecule has 0 aliphatic carbocycles. The van der Waals surface area contributed by atoms with E-state index in [1.165, 1.54) is 13.5 Å². The van der Waals surface area contributed by atoms with Crippen LogP contribution in [0.3, 0.4) is 0 Å². The van der Waals surface area contributed by atoms with Crippen LogP contribution in [0.4, 0.5) is 32.3 Å². The van der Waals surface area contributed by atoms with Crippen molar-refractivity contribution in [3.05, 3.63) is 30.2 Å². The Morgan fingerprint density at radius 3 is 2.83 bits per heavy atom. The van der Waals surface area contributed by atoms with Gasteiger partial charge in [-0.15, -0.1) is 0 Å². The molecule has 12 nitrogen and oxygen atoms in total. The number of fused-ring (bicyclic) bond motifs is 1. The van der Waals surface area contributed by atoms with Crippen LogP contribution in [0.1, 0.15) is 52.4 Å². The zero-order valence-electron chi connectivity index (χ0n) is 24.0. The molecule has 1 aromatic carbocycles. The number of hydrazine groups is 1. The number of piperidine rings is 1. The molecule has 0 saturated carbocycles. The summed E-state index contributed by atoms with van der Waals surface area (Å²) in [5.74, 6) is 6.00. The van der Waals surface area contributed by atoms with E-state index in [1.807, 2.05) is 0 Å². The van der Waals surface area contributed by atoms with Crippen LogP contribution in [0.5, 0.6) is 5.75 Å². The third-order valence-corrected chi connectivity index (χ3v) is 8.07. The predicted octanol–water partition coefficient (Wildman–Crippen LogP) is 4.08. The smallest absolute Gasteiger partial charge is 0.359 e. The quantitative estimate of drug-likeness (QED) is 0.186. The Bertz CT molecular complexity index is 1250. The number of urea groups is 1. The van der Waals surface area contributed by atoms with Crippen LogP contribution in [0, 0.1) is 5.82 Å². The van der Waals surface area contributed by atoms with Crippen LogP contribution in [-0.4, -0.2) is 83.2 Å². The number of aromatic nitrogens is 2. The zero-order chi connectivity index (χ0) is 29.1. The predicted molar refractivity (Wildman–Crippen MR) is 156 cm³/mol. The fourth-order valence-electron chi connectivity index (χ4n) is 6.19. The summed E-state index contributed by atoms with van der Waals surface area (Å²) in [7, 11) is 1.42. The van der Waals surface area contributed by atoms with Gasteiger partial charge in [0.15, 0.2) is 11.6 Å². The van der Waals surface area contributed by atoms with Gasteiger partial charge in [0, 0.05) is 49.9 Å². The SMILES string of the molecule is C=NN(C(=O)N(C)N)c1cc(Nc2ncc(F)c(NC3CC4CCCN4C(C)(C)C3)n2)ccc1OC1CCOCC1. The number of nitrogens with one attached hydrogen (secondary N) is 2. The normalized spacial score (nSPS) is 22.5. The van der Waals surface area contributed by atoms with Crippen molar-refractivity contribution in [1.82, 2.24) is 19.9 Å². The van der Waals surface area contributed by atoms with E-state index in [1.54, 1.807) is 18.2 Å². The van der Waals surface area contributed by atoms with E-state index in [9.17, 15) is 9.18 Å². The Hall–Kier alpha value is -3.55. The van der Waals surface area contributed by atoms with Crippen molar-refractivity contribution in [2.24, 2.45) is 10.9 Å². The highest BCUT2D eigenvalue weighted by Gasteiger charge is 2.43. The Balaban J connectivity index is 1.37. The van der Waals surface area contributed by atoms with Crippen molar-refractivity contribution in [2.45, 2.75) is 76.1 Å². The molecule has 1 aromatic heterocycles. The lowest BCUT2D eigenvalue weighted by atomic mass is 9.84.